The van der Waals surface area contributed by atoms with Crippen molar-refractivity contribution in [1.82, 2.24) is 5.32 Å². The summed E-state index contributed by atoms with van der Waals surface area (Å²) in [5.74, 6) is -1.52. The van der Waals surface area contributed by atoms with E-state index in [1.54, 1.807) is 0 Å². The summed E-state index contributed by atoms with van der Waals surface area (Å²) in [5, 5.41) is 5.57. The van der Waals surface area contributed by atoms with Gasteiger partial charge < -0.3 is 15.4 Å². The fourth-order valence-corrected chi connectivity index (χ4v) is 2.11. The Labute approximate surface area is 120 Å². The molecule has 1 fully saturated rings. The fourth-order valence-electron chi connectivity index (χ4n) is 1.93. The SMILES string of the molecule is COC(=O)c1ccc(Cl)cc1NC(=O)C1CNC(=O)C1. The molecule has 0 spiro atoms. The van der Waals surface area contributed by atoms with Gasteiger partial charge in [-0.05, 0) is 18.2 Å². The number of ether oxygens (including phenoxy) is 1. The largest absolute Gasteiger partial charge is 0.465 e. The van der Waals surface area contributed by atoms with E-state index in [1.165, 1.54) is 25.3 Å². The van der Waals surface area contributed by atoms with E-state index < -0.39 is 11.9 Å². The molecule has 7 heteroatoms. The number of carbonyl (C=O) groups is 3. The molecule has 0 saturated carbocycles. The summed E-state index contributed by atoms with van der Waals surface area (Å²) in [6.07, 6.45) is 0.139. The minimum atomic E-state index is -0.572. The predicted octanol–water partition coefficient (Wildman–Crippen LogP) is 1.20. The number of benzene rings is 1. The van der Waals surface area contributed by atoms with E-state index in [1.807, 2.05) is 0 Å². The molecule has 1 aliphatic heterocycles. The molecular weight excluding hydrogens is 284 g/mol. The smallest absolute Gasteiger partial charge is 0.339 e. The molecule has 1 heterocycles. The zero-order valence-corrected chi connectivity index (χ0v) is 11.5. The summed E-state index contributed by atoms with van der Waals surface area (Å²) in [6.45, 7) is 0.290. The molecule has 0 bridgehead atoms. The first-order valence-corrected chi connectivity index (χ1v) is 6.34. The van der Waals surface area contributed by atoms with Crippen molar-refractivity contribution in [2.24, 2.45) is 5.92 Å². The standard InChI is InChI=1S/C13H13ClN2O4/c1-20-13(19)9-3-2-8(14)5-10(9)16-12(18)7-4-11(17)15-6-7/h2-3,5,7H,4,6H2,1H3,(H,15,17)(H,16,18). The number of hydrogen-bond acceptors (Lipinski definition) is 4. The average Bonchev–Trinajstić information content (AvgIpc) is 2.85. The molecule has 1 unspecified atom stereocenters. The number of methoxy groups -OCH3 is 1. The van der Waals surface area contributed by atoms with Crippen LogP contribution < -0.4 is 10.6 Å². The van der Waals surface area contributed by atoms with Crippen LogP contribution in [0.2, 0.25) is 5.02 Å². The van der Waals surface area contributed by atoms with Gasteiger partial charge in [-0.25, -0.2) is 4.79 Å². The van der Waals surface area contributed by atoms with Crippen molar-refractivity contribution < 1.29 is 19.1 Å². The number of esters is 1. The molecule has 1 saturated heterocycles. The Hall–Kier alpha value is -2.08. The summed E-state index contributed by atoms with van der Waals surface area (Å²) < 4.78 is 4.64. The average molecular weight is 297 g/mol. The van der Waals surface area contributed by atoms with Crippen molar-refractivity contribution in [1.29, 1.82) is 0 Å². The van der Waals surface area contributed by atoms with Gasteiger partial charge in [0.15, 0.2) is 0 Å². The van der Waals surface area contributed by atoms with Crippen LogP contribution in [-0.2, 0) is 14.3 Å². The number of rotatable bonds is 3. The van der Waals surface area contributed by atoms with Crippen LogP contribution in [0.5, 0.6) is 0 Å². The number of amides is 2. The van der Waals surface area contributed by atoms with Crippen molar-refractivity contribution in [2.75, 3.05) is 19.0 Å². The van der Waals surface area contributed by atoms with Gasteiger partial charge in [-0.2, -0.15) is 0 Å². The second-order valence-corrected chi connectivity index (χ2v) is 4.81. The Morgan fingerprint density at radius 1 is 1.45 bits per heavy atom. The Morgan fingerprint density at radius 2 is 2.20 bits per heavy atom. The molecule has 1 aromatic carbocycles. The quantitative estimate of drug-likeness (QED) is 0.821. The zero-order valence-electron chi connectivity index (χ0n) is 10.7. The third-order valence-corrected chi connectivity index (χ3v) is 3.23. The minimum absolute atomic E-state index is 0.139. The molecule has 6 nitrogen and oxygen atoms in total. The molecule has 106 valence electrons. The lowest BCUT2D eigenvalue weighted by Gasteiger charge is -2.12. The monoisotopic (exact) mass is 296 g/mol. The van der Waals surface area contributed by atoms with Crippen LogP contribution in [0, 0.1) is 5.92 Å². The van der Waals surface area contributed by atoms with Crippen molar-refractivity contribution in [3.63, 3.8) is 0 Å². The first-order valence-electron chi connectivity index (χ1n) is 5.96. The third kappa shape index (κ3) is 3.08. The number of halogens is 1. The Kier molecular flexibility index (Phi) is 4.24. The van der Waals surface area contributed by atoms with Crippen LogP contribution in [0.25, 0.3) is 0 Å². The lowest BCUT2D eigenvalue weighted by Crippen LogP contribution is -2.25. The lowest BCUT2D eigenvalue weighted by atomic mass is 10.1. The second kappa shape index (κ2) is 5.92. The van der Waals surface area contributed by atoms with Crippen LogP contribution in [0.15, 0.2) is 18.2 Å². The van der Waals surface area contributed by atoms with E-state index in [0.29, 0.717) is 11.6 Å². The Morgan fingerprint density at radius 3 is 2.80 bits per heavy atom. The number of nitrogens with one attached hydrogen (secondary N) is 2. The number of hydrogen-bond donors (Lipinski definition) is 2. The van der Waals surface area contributed by atoms with E-state index in [0.717, 1.165) is 0 Å². The van der Waals surface area contributed by atoms with Gasteiger partial charge in [0.2, 0.25) is 11.8 Å². The van der Waals surface area contributed by atoms with E-state index in [-0.39, 0.29) is 29.5 Å². The van der Waals surface area contributed by atoms with Gasteiger partial charge >= 0.3 is 5.97 Å². The van der Waals surface area contributed by atoms with E-state index in [9.17, 15) is 14.4 Å². The molecule has 2 N–H and O–H groups in total. The van der Waals surface area contributed by atoms with E-state index in [2.05, 4.69) is 15.4 Å². The van der Waals surface area contributed by atoms with Gasteiger partial charge in [0.25, 0.3) is 0 Å². The Bertz CT molecular complexity index is 573. The highest BCUT2D eigenvalue weighted by Gasteiger charge is 2.28. The molecule has 0 aromatic heterocycles. The van der Waals surface area contributed by atoms with Crippen LogP contribution in [0.4, 0.5) is 5.69 Å². The summed E-state index contributed by atoms with van der Waals surface area (Å²) in [5.41, 5.74) is 0.483. The molecule has 20 heavy (non-hydrogen) atoms. The number of anilines is 1. The fraction of sp³-hybridized carbons (Fsp3) is 0.308. The molecule has 1 atom stereocenters. The summed E-state index contributed by atoms with van der Waals surface area (Å²) >= 11 is 5.86. The van der Waals surface area contributed by atoms with Crippen LogP contribution in [0.3, 0.4) is 0 Å². The molecule has 1 aliphatic rings. The molecule has 0 aliphatic carbocycles. The normalized spacial score (nSPS) is 17.5. The predicted molar refractivity (Wildman–Crippen MR) is 72.5 cm³/mol. The first-order chi connectivity index (χ1) is 9.51. The van der Waals surface area contributed by atoms with Crippen molar-refractivity contribution in [3.05, 3.63) is 28.8 Å². The topological polar surface area (TPSA) is 84.5 Å². The van der Waals surface area contributed by atoms with Crippen molar-refractivity contribution >= 4 is 35.1 Å². The second-order valence-electron chi connectivity index (χ2n) is 4.38. The first kappa shape index (κ1) is 14.3. The molecule has 1 aromatic rings. The highest BCUT2D eigenvalue weighted by Crippen LogP contribution is 2.23. The molecule has 2 rings (SSSR count). The molecular formula is C13H13ClN2O4. The number of carbonyl (C=O) groups excluding carboxylic acids is 3. The summed E-state index contributed by atoms with van der Waals surface area (Å²) in [7, 11) is 1.25. The molecule has 2 amide bonds. The van der Waals surface area contributed by atoms with Crippen molar-refractivity contribution in [2.45, 2.75) is 6.42 Å². The summed E-state index contributed by atoms with van der Waals surface area (Å²) in [6, 6.07) is 4.47. The van der Waals surface area contributed by atoms with Gasteiger partial charge in [0.05, 0.1) is 24.3 Å². The summed E-state index contributed by atoms with van der Waals surface area (Å²) in [4.78, 5) is 34.8. The molecule has 0 radical (unpaired) electrons. The van der Waals surface area contributed by atoms with Gasteiger partial charge in [-0.3, -0.25) is 9.59 Å². The van der Waals surface area contributed by atoms with Crippen LogP contribution >= 0.6 is 11.6 Å². The highest BCUT2D eigenvalue weighted by molar-refractivity contribution is 6.31. The van der Waals surface area contributed by atoms with Crippen molar-refractivity contribution in [3.8, 4) is 0 Å². The van der Waals surface area contributed by atoms with E-state index >= 15 is 0 Å². The van der Waals surface area contributed by atoms with Crippen LogP contribution in [0.1, 0.15) is 16.8 Å². The maximum atomic E-state index is 12.0. The Balaban J connectivity index is 2.19. The van der Waals surface area contributed by atoms with Gasteiger partial charge in [-0.15, -0.1) is 0 Å². The van der Waals surface area contributed by atoms with Crippen LogP contribution in [-0.4, -0.2) is 31.4 Å². The van der Waals surface area contributed by atoms with Gasteiger partial charge in [0, 0.05) is 18.0 Å². The van der Waals surface area contributed by atoms with E-state index in [4.69, 9.17) is 11.6 Å². The zero-order chi connectivity index (χ0) is 14.7. The minimum Gasteiger partial charge on any atom is -0.465 e. The lowest BCUT2D eigenvalue weighted by molar-refractivity contribution is -0.123. The maximum absolute atomic E-state index is 12.0. The van der Waals surface area contributed by atoms with Gasteiger partial charge in [0.1, 0.15) is 0 Å². The maximum Gasteiger partial charge on any atom is 0.339 e. The third-order valence-electron chi connectivity index (χ3n) is 2.99. The van der Waals surface area contributed by atoms with Gasteiger partial charge in [-0.1, -0.05) is 11.6 Å². The highest BCUT2D eigenvalue weighted by atomic mass is 35.5.